The largest absolute Gasteiger partial charge is 0.529 e. The third-order valence-electron chi connectivity index (χ3n) is 5.98. The number of alkyl halides is 1. The molecule has 0 bridgehead atoms. The van der Waals surface area contributed by atoms with Gasteiger partial charge in [0.15, 0.2) is 25.2 Å². The van der Waals surface area contributed by atoms with Gasteiger partial charge in [0.05, 0.1) is 19.1 Å². The number of methoxy groups -OCH3 is 1. The smallest absolute Gasteiger partial charge is 0.493 e. The standard InChI is InChI=1S/C17H20B3F2N2O9PS/c1-29-9-4-2-3-7-6-30-34(28,31-10(7)9)33-17(19,20)15(22)11(25)12(26)16(18,32-15)24-5-8(21)13(35)23-14(24)27/h2-5,11-12,25-26H,6,18-20H2,1H3,(H,23,27,35)/t11-,12+,15-,16-,34?/m0/s1. The third-order valence-corrected chi connectivity index (χ3v) is 7.81. The molecule has 18 heteroatoms. The number of fused-ring (bicyclic) bond motifs is 1. The molecule has 1 unspecified atom stereocenters. The number of aromatic nitrogens is 2. The number of hydrogen-bond acceptors (Lipinski definition) is 10. The molecule has 35 heavy (non-hydrogen) atoms. The van der Waals surface area contributed by atoms with Crippen LogP contribution in [0, 0.1) is 10.5 Å². The van der Waals surface area contributed by atoms with Gasteiger partial charge in [0.1, 0.15) is 38.2 Å². The van der Waals surface area contributed by atoms with E-state index < -0.39 is 53.1 Å². The summed E-state index contributed by atoms with van der Waals surface area (Å²) < 4.78 is 70.4. The number of nitrogens with zero attached hydrogens (tertiary/aromatic N) is 1. The summed E-state index contributed by atoms with van der Waals surface area (Å²) in [5, 5.41) is 19.0. The van der Waals surface area contributed by atoms with Gasteiger partial charge in [0.2, 0.25) is 0 Å². The van der Waals surface area contributed by atoms with Crippen LogP contribution in [0.1, 0.15) is 5.56 Å². The van der Waals surface area contributed by atoms with Crippen molar-refractivity contribution in [3.8, 4) is 11.5 Å². The second-order valence-electron chi connectivity index (χ2n) is 8.66. The van der Waals surface area contributed by atoms with Crippen LogP contribution in [0.4, 0.5) is 8.78 Å². The van der Waals surface area contributed by atoms with Gasteiger partial charge < -0.3 is 24.2 Å². The minimum Gasteiger partial charge on any atom is -0.493 e. The van der Waals surface area contributed by atoms with Crippen molar-refractivity contribution in [2.75, 3.05) is 7.11 Å². The quantitative estimate of drug-likeness (QED) is 0.235. The summed E-state index contributed by atoms with van der Waals surface area (Å²) in [6, 6.07) is 4.84. The molecule has 2 aliphatic heterocycles. The van der Waals surface area contributed by atoms with Crippen LogP contribution in [0.15, 0.2) is 29.2 Å². The lowest BCUT2D eigenvalue weighted by Gasteiger charge is -2.41. The Balaban J connectivity index is 1.69. The molecule has 3 N–H and O–H groups in total. The molecular formula is C17H20B3F2N2O9PS. The molecule has 3 heterocycles. The van der Waals surface area contributed by atoms with Crippen molar-refractivity contribution in [2.24, 2.45) is 0 Å². The molecule has 2 aromatic rings. The van der Waals surface area contributed by atoms with E-state index in [9.17, 15) is 24.0 Å². The highest BCUT2D eigenvalue weighted by atomic mass is 32.1. The zero-order valence-electron chi connectivity index (χ0n) is 19.0. The zero-order chi connectivity index (χ0) is 26.0. The van der Waals surface area contributed by atoms with Crippen molar-refractivity contribution >= 4 is 43.6 Å². The highest BCUT2D eigenvalue weighted by Crippen LogP contribution is 2.60. The van der Waals surface area contributed by atoms with Crippen molar-refractivity contribution in [3.63, 3.8) is 0 Å². The fourth-order valence-corrected chi connectivity index (χ4v) is 5.67. The molecular weight excluding hydrogens is 510 g/mol. The van der Waals surface area contributed by atoms with E-state index in [1.54, 1.807) is 18.2 Å². The number of aliphatic hydroxyl groups excluding tert-OH is 2. The highest BCUT2D eigenvalue weighted by Gasteiger charge is 2.69. The van der Waals surface area contributed by atoms with E-state index in [1.165, 1.54) is 7.11 Å². The Morgan fingerprint density at radius 2 is 2.06 bits per heavy atom. The maximum atomic E-state index is 16.3. The number of aliphatic hydroxyl groups is 2. The molecule has 11 nitrogen and oxygen atoms in total. The van der Waals surface area contributed by atoms with Crippen LogP contribution in [0.3, 0.4) is 0 Å². The molecule has 0 radical (unpaired) electrons. The van der Waals surface area contributed by atoms with Gasteiger partial charge in [-0.3, -0.25) is 18.6 Å². The number of rotatable bonds is 5. The average molecular weight is 530 g/mol. The van der Waals surface area contributed by atoms with E-state index in [-0.39, 0.29) is 18.1 Å². The highest BCUT2D eigenvalue weighted by molar-refractivity contribution is 7.71. The van der Waals surface area contributed by atoms with Gasteiger partial charge in [-0.05, 0) is 6.07 Å². The molecule has 186 valence electrons. The van der Waals surface area contributed by atoms with Crippen LogP contribution >= 0.6 is 20.0 Å². The van der Waals surface area contributed by atoms with Crippen molar-refractivity contribution in [1.82, 2.24) is 9.55 Å². The van der Waals surface area contributed by atoms with Gasteiger partial charge in [-0.25, -0.2) is 18.1 Å². The second kappa shape index (κ2) is 8.54. The molecule has 4 rings (SSSR count). The molecule has 1 aromatic heterocycles. The third kappa shape index (κ3) is 4.08. The van der Waals surface area contributed by atoms with Crippen LogP contribution in [0.2, 0.25) is 0 Å². The first-order valence-electron chi connectivity index (χ1n) is 10.3. The number of halogens is 2. The van der Waals surface area contributed by atoms with Crippen molar-refractivity contribution in [2.45, 2.75) is 35.7 Å². The molecule has 1 fully saturated rings. The lowest BCUT2D eigenvalue weighted by Crippen LogP contribution is -2.60. The number of para-hydroxylation sites is 1. The topological polar surface area (TPSA) is 141 Å². The van der Waals surface area contributed by atoms with E-state index >= 15 is 4.39 Å². The molecule has 0 saturated carbocycles. The monoisotopic (exact) mass is 530 g/mol. The van der Waals surface area contributed by atoms with Crippen LogP contribution in [-0.4, -0.2) is 73.9 Å². The van der Waals surface area contributed by atoms with E-state index in [2.05, 4.69) is 12.2 Å². The summed E-state index contributed by atoms with van der Waals surface area (Å²) in [7, 11) is 0.0284. The number of H-pyrrole nitrogens is 1. The maximum Gasteiger partial charge on any atom is 0.529 e. The number of phosphoric acid groups is 1. The Morgan fingerprint density at radius 1 is 1.37 bits per heavy atom. The van der Waals surface area contributed by atoms with Gasteiger partial charge >= 0.3 is 13.5 Å². The summed E-state index contributed by atoms with van der Waals surface area (Å²) in [6.45, 7) is -0.221. The van der Waals surface area contributed by atoms with Crippen LogP contribution in [0.25, 0.3) is 0 Å². The van der Waals surface area contributed by atoms with Gasteiger partial charge in [-0.15, -0.1) is 0 Å². The minimum absolute atomic E-state index is 0.0626. The van der Waals surface area contributed by atoms with Crippen LogP contribution in [-0.2, 0) is 30.6 Å². The molecule has 5 atom stereocenters. The number of ether oxygens (including phenoxy) is 2. The summed E-state index contributed by atoms with van der Waals surface area (Å²) in [5.41, 5.74) is -2.87. The van der Waals surface area contributed by atoms with Gasteiger partial charge in [0.25, 0.3) is 5.85 Å². The van der Waals surface area contributed by atoms with Crippen molar-refractivity contribution in [1.29, 1.82) is 0 Å². The van der Waals surface area contributed by atoms with Gasteiger partial charge in [-0.1, -0.05) is 24.4 Å². The maximum absolute atomic E-state index is 16.3. The van der Waals surface area contributed by atoms with E-state index in [1.807, 2.05) is 4.98 Å². The zero-order valence-corrected chi connectivity index (χ0v) is 20.7. The van der Waals surface area contributed by atoms with E-state index in [4.69, 9.17) is 23.0 Å². The van der Waals surface area contributed by atoms with Crippen LogP contribution < -0.4 is 15.0 Å². The fourth-order valence-electron chi connectivity index (χ4n) is 3.98. The summed E-state index contributed by atoms with van der Waals surface area (Å²) in [4.78, 5) is 14.4. The Bertz CT molecular complexity index is 1330. The number of nitrogens with one attached hydrogen (secondary N) is 1. The Kier molecular flexibility index (Phi) is 6.37. The normalized spacial score (nSPS) is 32.6. The molecule has 0 aliphatic carbocycles. The number of hydrogen-bond donors (Lipinski definition) is 3. The molecule has 0 amide bonds. The number of benzene rings is 1. The summed E-state index contributed by atoms with van der Waals surface area (Å²) in [6.07, 6.45) is -3.85. The molecule has 1 saturated heterocycles. The molecule has 2 aliphatic rings. The number of aromatic amines is 1. The van der Waals surface area contributed by atoms with Gasteiger partial charge in [-0.2, -0.15) is 0 Å². The summed E-state index contributed by atoms with van der Waals surface area (Å²) >= 11 is 4.66. The minimum atomic E-state index is -4.53. The average Bonchev–Trinajstić information content (AvgIpc) is 2.97. The first-order chi connectivity index (χ1) is 16.2. The van der Waals surface area contributed by atoms with Crippen molar-refractivity contribution in [3.05, 3.63) is 50.9 Å². The lowest BCUT2D eigenvalue weighted by atomic mass is 9.59. The Hall–Kier alpha value is -2.00. The predicted octanol–water partition coefficient (Wildman–Crippen LogP) is -1.63. The summed E-state index contributed by atoms with van der Waals surface area (Å²) in [5.74, 6) is -4.06. The molecule has 0 spiro atoms. The van der Waals surface area contributed by atoms with E-state index in [0.29, 0.717) is 16.3 Å². The Labute approximate surface area is 205 Å². The number of phosphoric ester groups is 1. The first kappa shape index (κ1) is 26.1. The van der Waals surface area contributed by atoms with Gasteiger partial charge in [0, 0.05) is 11.8 Å². The SMILES string of the molecule is BC(B)(OP1(=O)OCc2cccc(OC)c2O1)[C@@]1(F)O[C@@](B)(n2cc(F)c(=S)[nH]c2=O)[C@H](O)[C@@H]1O. The predicted molar refractivity (Wildman–Crippen MR) is 126 cm³/mol. The van der Waals surface area contributed by atoms with Crippen LogP contribution in [0.5, 0.6) is 11.5 Å². The first-order valence-corrected chi connectivity index (χ1v) is 12.1. The Morgan fingerprint density at radius 3 is 2.71 bits per heavy atom. The van der Waals surface area contributed by atoms with Crippen molar-refractivity contribution < 1.29 is 46.6 Å². The van der Waals surface area contributed by atoms with E-state index in [0.717, 1.165) is 23.5 Å². The fraction of sp³-hybridized carbons (Fsp3) is 0.412. The lowest BCUT2D eigenvalue weighted by molar-refractivity contribution is -0.240. The molecule has 1 aromatic carbocycles. The second-order valence-corrected chi connectivity index (χ2v) is 10.6.